The first-order valence-electron chi connectivity index (χ1n) is 7.05. The molecule has 2 N–H and O–H groups in total. The molecule has 2 aromatic heterocycles. The molecule has 0 fully saturated rings. The van der Waals surface area contributed by atoms with Gasteiger partial charge in [-0.25, -0.2) is 8.78 Å². The second-order valence-corrected chi connectivity index (χ2v) is 5.42. The van der Waals surface area contributed by atoms with E-state index in [0.29, 0.717) is 5.69 Å². The summed E-state index contributed by atoms with van der Waals surface area (Å²) < 4.78 is 27.3. The normalized spacial score (nSPS) is 10.5. The van der Waals surface area contributed by atoms with Crippen LogP contribution in [-0.4, -0.2) is 21.7 Å². The Hall–Kier alpha value is -3.06. The molecular weight excluding hydrogens is 352 g/mol. The molecule has 0 radical (unpaired) electrons. The number of hydrogen-bond acceptors (Lipinski definition) is 3. The topological polar surface area (TPSA) is 74.8 Å². The van der Waals surface area contributed by atoms with E-state index in [1.165, 1.54) is 18.5 Å². The lowest BCUT2D eigenvalue weighted by Crippen LogP contribution is -2.12. The predicted octanol–water partition coefficient (Wildman–Crippen LogP) is 3.82. The van der Waals surface area contributed by atoms with E-state index in [-0.39, 0.29) is 11.3 Å². The number of nitrogens with zero attached hydrogens (tertiary/aromatic N) is 1. The number of amides is 1. The van der Waals surface area contributed by atoms with Crippen molar-refractivity contribution in [3.05, 3.63) is 82.4 Å². The molecule has 25 heavy (non-hydrogen) atoms. The molecule has 1 aromatic carbocycles. The summed E-state index contributed by atoms with van der Waals surface area (Å²) in [5, 5.41) is 1.97. The third-order valence-electron chi connectivity index (χ3n) is 3.38. The van der Waals surface area contributed by atoms with Crippen LogP contribution < -0.4 is 5.32 Å². The maximum atomic E-state index is 13.9. The molecule has 8 heteroatoms. The van der Waals surface area contributed by atoms with E-state index in [9.17, 15) is 18.4 Å². The van der Waals surface area contributed by atoms with Crippen LogP contribution in [0.25, 0.3) is 0 Å². The van der Waals surface area contributed by atoms with Crippen LogP contribution in [0.2, 0.25) is 5.02 Å². The van der Waals surface area contributed by atoms with Crippen molar-refractivity contribution in [2.75, 3.05) is 5.32 Å². The molecule has 1 amide bonds. The van der Waals surface area contributed by atoms with Crippen molar-refractivity contribution in [3.8, 4) is 0 Å². The number of carbonyl (C=O) groups excluding carboxylic acids is 2. The number of halogens is 3. The Balaban J connectivity index is 1.85. The van der Waals surface area contributed by atoms with Gasteiger partial charge in [0.1, 0.15) is 17.3 Å². The summed E-state index contributed by atoms with van der Waals surface area (Å²) in [6.45, 7) is 0. The van der Waals surface area contributed by atoms with Crippen molar-refractivity contribution in [1.29, 1.82) is 0 Å². The first kappa shape index (κ1) is 16.8. The standard InChI is InChI=1S/C17H10ClF2N3O2/c18-15-12(20)4-3-11(19)14(15)16(24)9-6-13(22-7-9)17(25)23-10-2-1-5-21-8-10/h1-8,22H,(H,23,25). The lowest BCUT2D eigenvalue weighted by molar-refractivity contribution is 0.102. The van der Waals surface area contributed by atoms with E-state index < -0.39 is 33.9 Å². The van der Waals surface area contributed by atoms with E-state index >= 15 is 0 Å². The van der Waals surface area contributed by atoms with Gasteiger partial charge in [0, 0.05) is 18.0 Å². The second kappa shape index (κ2) is 6.82. The number of aromatic amines is 1. The zero-order valence-electron chi connectivity index (χ0n) is 12.5. The molecule has 3 aromatic rings. The van der Waals surface area contributed by atoms with Gasteiger partial charge in [0.2, 0.25) is 0 Å². The molecule has 0 aliphatic carbocycles. The van der Waals surface area contributed by atoms with E-state index in [1.807, 2.05) is 0 Å². The molecule has 0 spiro atoms. The highest BCUT2D eigenvalue weighted by Crippen LogP contribution is 2.25. The summed E-state index contributed by atoms with van der Waals surface area (Å²) in [5.41, 5.74) is -0.0723. The highest BCUT2D eigenvalue weighted by molar-refractivity contribution is 6.35. The van der Waals surface area contributed by atoms with Crippen molar-refractivity contribution in [3.63, 3.8) is 0 Å². The van der Waals surface area contributed by atoms with Crippen LogP contribution in [0.5, 0.6) is 0 Å². The maximum absolute atomic E-state index is 13.9. The number of carbonyl (C=O) groups is 2. The maximum Gasteiger partial charge on any atom is 0.272 e. The van der Waals surface area contributed by atoms with Crippen molar-refractivity contribution in [2.24, 2.45) is 0 Å². The van der Waals surface area contributed by atoms with Gasteiger partial charge in [0.05, 0.1) is 22.5 Å². The third kappa shape index (κ3) is 3.41. The molecule has 0 saturated heterocycles. The molecule has 126 valence electrons. The minimum atomic E-state index is -0.945. The highest BCUT2D eigenvalue weighted by Gasteiger charge is 2.22. The molecule has 5 nitrogen and oxygen atoms in total. The lowest BCUT2D eigenvalue weighted by atomic mass is 10.0. The first-order valence-corrected chi connectivity index (χ1v) is 7.43. The van der Waals surface area contributed by atoms with Gasteiger partial charge >= 0.3 is 0 Å². The van der Waals surface area contributed by atoms with Crippen molar-refractivity contribution < 1.29 is 18.4 Å². The summed E-state index contributed by atoms with van der Waals surface area (Å²) in [7, 11) is 0. The first-order chi connectivity index (χ1) is 12.0. The molecule has 0 saturated carbocycles. The van der Waals surface area contributed by atoms with E-state index in [1.54, 1.807) is 18.3 Å². The molecule has 0 atom stereocenters. The van der Waals surface area contributed by atoms with Crippen molar-refractivity contribution in [2.45, 2.75) is 0 Å². The fourth-order valence-corrected chi connectivity index (χ4v) is 2.41. The quantitative estimate of drug-likeness (QED) is 0.548. The van der Waals surface area contributed by atoms with Gasteiger partial charge in [-0.15, -0.1) is 0 Å². The summed E-state index contributed by atoms with van der Waals surface area (Å²) >= 11 is 5.69. The average Bonchev–Trinajstić information content (AvgIpc) is 3.09. The summed E-state index contributed by atoms with van der Waals surface area (Å²) in [6.07, 6.45) is 4.23. The van der Waals surface area contributed by atoms with Gasteiger partial charge < -0.3 is 10.3 Å². The molecule has 0 aliphatic heterocycles. The Bertz CT molecular complexity index is 958. The molecule has 0 bridgehead atoms. The Kier molecular flexibility index (Phi) is 4.58. The molecule has 0 aliphatic rings. The van der Waals surface area contributed by atoms with Crippen LogP contribution in [0.4, 0.5) is 14.5 Å². The van der Waals surface area contributed by atoms with Crippen LogP contribution in [0, 0.1) is 11.6 Å². The van der Waals surface area contributed by atoms with Crippen LogP contribution >= 0.6 is 11.6 Å². The molecular formula is C17H10ClF2N3O2. The number of benzene rings is 1. The lowest BCUT2D eigenvalue weighted by Gasteiger charge is -2.04. The number of hydrogen-bond donors (Lipinski definition) is 2. The Labute approximate surface area is 145 Å². The largest absolute Gasteiger partial charge is 0.356 e. The number of aromatic nitrogens is 2. The van der Waals surface area contributed by atoms with E-state index in [0.717, 1.165) is 12.1 Å². The van der Waals surface area contributed by atoms with Gasteiger partial charge in [-0.2, -0.15) is 0 Å². The van der Waals surface area contributed by atoms with Crippen LogP contribution in [0.15, 0.2) is 48.9 Å². The summed E-state index contributed by atoms with van der Waals surface area (Å²) in [5.74, 6) is -3.20. The number of anilines is 1. The van der Waals surface area contributed by atoms with Gasteiger partial charge in [-0.05, 0) is 30.3 Å². The number of rotatable bonds is 4. The van der Waals surface area contributed by atoms with Gasteiger partial charge in [-0.3, -0.25) is 14.6 Å². The van der Waals surface area contributed by atoms with Gasteiger partial charge in [0.15, 0.2) is 5.78 Å². The monoisotopic (exact) mass is 361 g/mol. The summed E-state index contributed by atoms with van der Waals surface area (Å²) in [6, 6.07) is 6.17. The second-order valence-electron chi connectivity index (χ2n) is 5.05. The van der Waals surface area contributed by atoms with Crippen LogP contribution in [0.3, 0.4) is 0 Å². The zero-order valence-corrected chi connectivity index (χ0v) is 13.3. The number of pyridine rings is 1. The fraction of sp³-hybridized carbons (Fsp3) is 0. The molecule has 3 rings (SSSR count). The third-order valence-corrected chi connectivity index (χ3v) is 3.75. The molecule has 2 heterocycles. The highest BCUT2D eigenvalue weighted by atomic mass is 35.5. The Morgan fingerprint density at radius 1 is 1.16 bits per heavy atom. The number of ketones is 1. The average molecular weight is 362 g/mol. The number of nitrogens with one attached hydrogen (secondary N) is 2. The minimum Gasteiger partial charge on any atom is -0.356 e. The Morgan fingerprint density at radius 2 is 1.92 bits per heavy atom. The predicted molar refractivity (Wildman–Crippen MR) is 87.8 cm³/mol. The number of H-pyrrole nitrogens is 1. The smallest absolute Gasteiger partial charge is 0.272 e. The summed E-state index contributed by atoms with van der Waals surface area (Å²) in [4.78, 5) is 31.0. The molecule has 0 unspecified atom stereocenters. The zero-order chi connectivity index (χ0) is 18.0. The van der Waals surface area contributed by atoms with Crippen molar-refractivity contribution in [1.82, 2.24) is 9.97 Å². The fourth-order valence-electron chi connectivity index (χ4n) is 2.17. The van der Waals surface area contributed by atoms with Crippen LogP contribution in [-0.2, 0) is 0 Å². The van der Waals surface area contributed by atoms with Gasteiger partial charge in [-0.1, -0.05) is 11.6 Å². The minimum absolute atomic E-state index is 0.0252. The van der Waals surface area contributed by atoms with Crippen molar-refractivity contribution >= 4 is 29.0 Å². The SMILES string of the molecule is O=C(Nc1cccnc1)c1cc(C(=O)c2c(F)ccc(F)c2Cl)c[nH]1. The van der Waals surface area contributed by atoms with Crippen LogP contribution in [0.1, 0.15) is 26.4 Å². The van der Waals surface area contributed by atoms with Gasteiger partial charge in [0.25, 0.3) is 5.91 Å². The van der Waals surface area contributed by atoms with E-state index in [2.05, 4.69) is 15.3 Å². The Morgan fingerprint density at radius 3 is 2.64 bits per heavy atom. The van der Waals surface area contributed by atoms with E-state index in [4.69, 9.17) is 11.6 Å².